The summed E-state index contributed by atoms with van der Waals surface area (Å²) in [6.07, 6.45) is 10.3. The predicted molar refractivity (Wildman–Crippen MR) is 160 cm³/mol. The zero-order valence-corrected chi connectivity index (χ0v) is 22.1. The first kappa shape index (κ1) is 25.6. The Morgan fingerprint density at radius 2 is 1.17 bits per heavy atom. The van der Waals surface area contributed by atoms with Gasteiger partial charge in [-0.2, -0.15) is 0 Å². The van der Waals surface area contributed by atoms with E-state index in [1.807, 2.05) is 24.3 Å². The van der Waals surface area contributed by atoms with E-state index in [-0.39, 0.29) is 5.91 Å². The molecule has 0 bridgehead atoms. The quantitative estimate of drug-likeness (QED) is 0.178. The third-order valence-corrected chi connectivity index (χ3v) is 11.8. The molecular formula is C33H36NOP. The zero-order chi connectivity index (χ0) is 25.1. The van der Waals surface area contributed by atoms with Crippen LogP contribution in [0.4, 0.5) is 5.69 Å². The van der Waals surface area contributed by atoms with Gasteiger partial charge in [-0.15, -0.1) is 0 Å². The topological polar surface area (TPSA) is 29.1 Å². The normalized spacial score (nSPS) is 11.9. The molecule has 4 rings (SSSR count). The van der Waals surface area contributed by atoms with Gasteiger partial charge in [-0.05, 0) is 0 Å². The molecule has 0 saturated carbocycles. The number of anilines is 1. The molecule has 36 heavy (non-hydrogen) atoms. The molecule has 0 aliphatic heterocycles. The Balaban J connectivity index is 1.42. The van der Waals surface area contributed by atoms with Crippen LogP contribution in [0.15, 0.2) is 121 Å². The van der Waals surface area contributed by atoms with Crippen LogP contribution in [0.5, 0.6) is 0 Å². The third-order valence-electron chi connectivity index (χ3n) is 6.76. The molecule has 0 fully saturated rings. The van der Waals surface area contributed by atoms with Crippen LogP contribution >= 0.6 is 7.26 Å². The summed E-state index contributed by atoms with van der Waals surface area (Å²) in [5.74, 6) is -0.0443. The summed E-state index contributed by atoms with van der Waals surface area (Å²) >= 11 is 0. The third kappa shape index (κ3) is 6.59. The van der Waals surface area contributed by atoms with Crippen molar-refractivity contribution in [1.82, 2.24) is 0 Å². The number of benzene rings is 4. The Morgan fingerprint density at radius 1 is 0.667 bits per heavy atom. The summed E-state index contributed by atoms with van der Waals surface area (Å²) in [5.41, 5.74) is 2.00. The van der Waals surface area contributed by atoms with Gasteiger partial charge in [0.25, 0.3) is 0 Å². The standard InChI is InChI=1S/C33H36NOP/c1-28(35)34-30-25-23-29(24-26-30)16-8-3-2-4-15-27-36(31-17-9-5-10-18-31,32-19-11-6-12-20-32)33-21-13-7-14-22-33/h5-14,16-26,36H,2-4,15,27H2,1H3,(H,34,35)/b16-8-. The molecular weight excluding hydrogens is 457 g/mol. The maximum atomic E-state index is 11.2. The number of carbonyl (C=O) groups excluding carboxylic acids is 1. The molecule has 0 aliphatic rings. The number of hydrogen-bond acceptors (Lipinski definition) is 1. The van der Waals surface area contributed by atoms with E-state index in [9.17, 15) is 4.79 Å². The van der Waals surface area contributed by atoms with Gasteiger partial charge in [0.05, 0.1) is 0 Å². The minimum absolute atomic E-state index is 0.0443. The molecule has 4 aromatic rings. The van der Waals surface area contributed by atoms with Gasteiger partial charge < -0.3 is 0 Å². The Bertz CT molecular complexity index is 1140. The van der Waals surface area contributed by atoms with Gasteiger partial charge in [0, 0.05) is 6.92 Å². The van der Waals surface area contributed by atoms with E-state index < -0.39 is 7.26 Å². The second-order valence-electron chi connectivity index (χ2n) is 9.31. The van der Waals surface area contributed by atoms with Gasteiger partial charge in [-0.25, -0.2) is 0 Å². The van der Waals surface area contributed by atoms with E-state index in [0.717, 1.165) is 17.7 Å². The number of rotatable bonds is 11. The van der Waals surface area contributed by atoms with E-state index in [2.05, 4.69) is 108 Å². The fourth-order valence-electron chi connectivity index (χ4n) is 5.03. The van der Waals surface area contributed by atoms with Crippen molar-refractivity contribution in [2.75, 3.05) is 11.5 Å². The number of hydrogen-bond donors (Lipinski definition) is 1. The first-order valence-corrected chi connectivity index (χ1v) is 15.1. The number of carbonyl (C=O) groups is 1. The Morgan fingerprint density at radius 3 is 1.64 bits per heavy atom. The van der Waals surface area contributed by atoms with Gasteiger partial charge in [0.1, 0.15) is 0 Å². The van der Waals surface area contributed by atoms with Crippen LogP contribution in [0.3, 0.4) is 0 Å². The van der Waals surface area contributed by atoms with Gasteiger partial charge >= 0.3 is 199 Å². The molecule has 0 radical (unpaired) electrons. The van der Waals surface area contributed by atoms with E-state index in [0.29, 0.717) is 0 Å². The van der Waals surface area contributed by atoms with Crippen LogP contribution in [-0.2, 0) is 4.79 Å². The summed E-state index contributed by atoms with van der Waals surface area (Å²) in [5, 5.41) is 7.28. The molecule has 1 amide bonds. The maximum absolute atomic E-state index is 11.2. The van der Waals surface area contributed by atoms with Crippen LogP contribution < -0.4 is 21.2 Å². The van der Waals surface area contributed by atoms with Crippen LogP contribution in [-0.4, -0.2) is 12.1 Å². The number of amides is 1. The molecule has 1 N–H and O–H groups in total. The van der Waals surface area contributed by atoms with E-state index >= 15 is 0 Å². The molecule has 0 aromatic heterocycles. The molecule has 3 heteroatoms. The van der Waals surface area contributed by atoms with Crippen molar-refractivity contribution in [3.8, 4) is 0 Å². The number of nitrogens with one attached hydrogen (secondary N) is 1. The second kappa shape index (κ2) is 13.0. The first-order valence-electron chi connectivity index (χ1n) is 12.9. The zero-order valence-electron chi connectivity index (χ0n) is 21.1. The molecule has 0 spiro atoms. The van der Waals surface area contributed by atoms with Crippen LogP contribution in [0, 0.1) is 0 Å². The summed E-state index contributed by atoms with van der Waals surface area (Å²) in [4.78, 5) is 11.2. The van der Waals surface area contributed by atoms with E-state index in [1.54, 1.807) is 0 Å². The summed E-state index contributed by atoms with van der Waals surface area (Å²) < 4.78 is 0. The predicted octanol–water partition coefficient (Wildman–Crippen LogP) is 6.95. The van der Waals surface area contributed by atoms with Gasteiger partial charge in [-0.1, -0.05) is 0 Å². The Hall–Kier alpha value is -3.48. The Kier molecular flexibility index (Phi) is 9.25. The van der Waals surface area contributed by atoms with E-state index in [4.69, 9.17) is 0 Å². The van der Waals surface area contributed by atoms with Crippen molar-refractivity contribution in [3.63, 3.8) is 0 Å². The van der Waals surface area contributed by atoms with Crippen LogP contribution in [0.1, 0.15) is 38.2 Å². The van der Waals surface area contributed by atoms with Crippen molar-refractivity contribution in [1.29, 1.82) is 0 Å². The SMILES string of the molecule is CC(=O)Nc1ccc(/C=C\CCCCC[PH](c2ccccc2)(c2ccccc2)c2ccccc2)cc1. The molecule has 0 unspecified atom stereocenters. The van der Waals surface area contributed by atoms with Crippen molar-refractivity contribution in [3.05, 3.63) is 127 Å². The second-order valence-corrected chi connectivity index (χ2v) is 13.4. The summed E-state index contributed by atoms with van der Waals surface area (Å²) in [6, 6.07) is 41.5. The van der Waals surface area contributed by atoms with Crippen molar-refractivity contribution in [2.45, 2.75) is 32.6 Å². The monoisotopic (exact) mass is 493 g/mol. The van der Waals surface area contributed by atoms with Crippen molar-refractivity contribution in [2.24, 2.45) is 0 Å². The molecule has 0 atom stereocenters. The number of unbranched alkanes of at least 4 members (excludes halogenated alkanes) is 3. The fourth-order valence-corrected chi connectivity index (χ4v) is 9.96. The number of allylic oxidation sites excluding steroid dienone is 1. The van der Waals surface area contributed by atoms with Crippen molar-refractivity contribution >= 4 is 40.8 Å². The average Bonchev–Trinajstić information content (AvgIpc) is 2.92. The van der Waals surface area contributed by atoms with E-state index in [1.165, 1.54) is 48.3 Å². The molecule has 0 saturated heterocycles. The summed E-state index contributed by atoms with van der Waals surface area (Å²) in [7, 11) is -2.11. The molecule has 2 nitrogen and oxygen atoms in total. The first-order chi connectivity index (χ1) is 17.7. The minimum atomic E-state index is -2.11. The Labute approximate surface area is 216 Å². The fraction of sp³-hybridized carbons (Fsp3) is 0.182. The molecule has 0 aliphatic carbocycles. The molecule has 4 aromatic carbocycles. The van der Waals surface area contributed by atoms with Gasteiger partial charge in [0.15, 0.2) is 0 Å². The van der Waals surface area contributed by atoms with Crippen LogP contribution in [0.2, 0.25) is 0 Å². The van der Waals surface area contributed by atoms with Gasteiger partial charge in [-0.3, -0.25) is 4.79 Å². The molecule has 184 valence electrons. The average molecular weight is 494 g/mol. The molecule has 0 heterocycles. The summed E-state index contributed by atoms with van der Waals surface area (Å²) in [6.45, 7) is 1.53. The van der Waals surface area contributed by atoms with Crippen LogP contribution in [0.25, 0.3) is 6.08 Å². The van der Waals surface area contributed by atoms with Gasteiger partial charge in [0.2, 0.25) is 5.91 Å². The van der Waals surface area contributed by atoms with Crippen molar-refractivity contribution < 1.29 is 4.79 Å².